The Hall–Kier alpha value is -0.570. The molecule has 1 amide bonds. The van der Waals surface area contributed by atoms with Crippen molar-refractivity contribution in [1.82, 2.24) is 10.2 Å². The van der Waals surface area contributed by atoms with Gasteiger partial charge in [0.2, 0.25) is 5.91 Å². The minimum atomic E-state index is 0.203. The van der Waals surface area contributed by atoms with Crippen molar-refractivity contribution in [3.05, 3.63) is 0 Å². The van der Waals surface area contributed by atoms with E-state index < -0.39 is 0 Å². The zero-order valence-electron chi connectivity index (χ0n) is 9.97. The molecule has 3 nitrogen and oxygen atoms in total. The van der Waals surface area contributed by atoms with Crippen LogP contribution in [0.15, 0.2) is 0 Å². The quantitative estimate of drug-likeness (QED) is 0.632. The topological polar surface area (TPSA) is 32.3 Å². The second-order valence-electron chi connectivity index (χ2n) is 3.96. The first-order valence-electron chi connectivity index (χ1n) is 5.54. The molecule has 14 heavy (non-hydrogen) atoms. The number of carbonyl (C=O) groups excluding carboxylic acids is 1. The monoisotopic (exact) mass is 200 g/mol. The minimum Gasteiger partial charge on any atom is -0.356 e. The van der Waals surface area contributed by atoms with Crippen LogP contribution >= 0.6 is 0 Å². The van der Waals surface area contributed by atoms with Crippen molar-refractivity contribution < 1.29 is 4.79 Å². The maximum absolute atomic E-state index is 11.5. The normalized spacial score (nSPS) is 11.0. The van der Waals surface area contributed by atoms with E-state index in [1.807, 2.05) is 14.1 Å². The van der Waals surface area contributed by atoms with Crippen LogP contribution in [0.25, 0.3) is 0 Å². The van der Waals surface area contributed by atoms with E-state index in [1.165, 1.54) is 0 Å². The standard InChI is InChI=1S/C11H24N2O/c1-5-10(6-2)11(14)12-8-7-9-13(3)4/h10H,5-9H2,1-4H3,(H,12,14). The van der Waals surface area contributed by atoms with Gasteiger partial charge in [-0.05, 0) is 39.9 Å². The first kappa shape index (κ1) is 13.4. The molecule has 0 fully saturated rings. The van der Waals surface area contributed by atoms with Gasteiger partial charge in [0.05, 0.1) is 0 Å². The van der Waals surface area contributed by atoms with Crippen molar-refractivity contribution in [2.24, 2.45) is 5.92 Å². The Labute approximate surface area is 87.9 Å². The van der Waals surface area contributed by atoms with E-state index in [-0.39, 0.29) is 11.8 Å². The molecule has 3 heteroatoms. The summed E-state index contributed by atoms with van der Waals surface area (Å²) in [4.78, 5) is 13.7. The third-order valence-electron chi connectivity index (χ3n) is 2.44. The second kappa shape index (κ2) is 7.80. The van der Waals surface area contributed by atoms with Crippen LogP contribution in [-0.4, -0.2) is 38.0 Å². The zero-order chi connectivity index (χ0) is 11.0. The molecule has 0 unspecified atom stereocenters. The molecular weight excluding hydrogens is 176 g/mol. The van der Waals surface area contributed by atoms with Gasteiger partial charge < -0.3 is 10.2 Å². The lowest BCUT2D eigenvalue weighted by Crippen LogP contribution is -2.32. The van der Waals surface area contributed by atoms with Gasteiger partial charge in [-0.2, -0.15) is 0 Å². The van der Waals surface area contributed by atoms with Gasteiger partial charge >= 0.3 is 0 Å². The van der Waals surface area contributed by atoms with Gasteiger partial charge in [-0.1, -0.05) is 13.8 Å². The van der Waals surface area contributed by atoms with Gasteiger partial charge in [0, 0.05) is 12.5 Å². The Morgan fingerprint density at radius 1 is 1.29 bits per heavy atom. The van der Waals surface area contributed by atoms with E-state index in [1.54, 1.807) is 0 Å². The maximum atomic E-state index is 11.5. The molecule has 0 aliphatic heterocycles. The van der Waals surface area contributed by atoms with Crippen LogP contribution in [0.4, 0.5) is 0 Å². The highest BCUT2D eigenvalue weighted by atomic mass is 16.1. The summed E-state index contributed by atoms with van der Waals surface area (Å²) < 4.78 is 0. The molecule has 0 aromatic heterocycles. The average Bonchev–Trinajstić information content (AvgIpc) is 2.14. The summed E-state index contributed by atoms with van der Waals surface area (Å²) in [6.07, 6.45) is 2.91. The number of rotatable bonds is 7. The summed E-state index contributed by atoms with van der Waals surface area (Å²) >= 11 is 0. The van der Waals surface area contributed by atoms with E-state index in [2.05, 4.69) is 24.1 Å². The predicted molar refractivity (Wildman–Crippen MR) is 60.3 cm³/mol. The second-order valence-corrected chi connectivity index (χ2v) is 3.96. The maximum Gasteiger partial charge on any atom is 0.223 e. The van der Waals surface area contributed by atoms with Crippen LogP contribution in [0.3, 0.4) is 0 Å². The molecule has 0 spiro atoms. The molecule has 0 aromatic rings. The molecule has 0 radical (unpaired) electrons. The summed E-state index contributed by atoms with van der Waals surface area (Å²) in [5.41, 5.74) is 0. The van der Waals surface area contributed by atoms with E-state index in [0.29, 0.717) is 0 Å². The third-order valence-corrected chi connectivity index (χ3v) is 2.44. The summed E-state index contributed by atoms with van der Waals surface area (Å²) in [5.74, 6) is 0.420. The first-order chi connectivity index (χ1) is 6.61. The Morgan fingerprint density at radius 2 is 1.86 bits per heavy atom. The summed E-state index contributed by atoms with van der Waals surface area (Å²) in [5, 5.41) is 2.97. The Morgan fingerprint density at radius 3 is 2.29 bits per heavy atom. The van der Waals surface area contributed by atoms with Crippen molar-refractivity contribution in [3.63, 3.8) is 0 Å². The zero-order valence-corrected chi connectivity index (χ0v) is 9.97. The highest BCUT2D eigenvalue weighted by Gasteiger charge is 2.12. The van der Waals surface area contributed by atoms with Crippen molar-refractivity contribution >= 4 is 5.91 Å². The Bertz CT molecular complexity index is 153. The van der Waals surface area contributed by atoms with Crippen LogP contribution in [-0.2, 0) is 4.79 Å². The van der Waals surface area contributed by atoms with Crippen molar-refractivity contribution in [2.75, 3.05) is 27.2 Å². The molecule has 0 saturated heterocycles. The fourth-order valence-electron chi connectivity index (χ4n) is 1.41. The third kappa shape index (κ3) is 5.97. The lowest BCUT2D eigenvalue weighted by Gasteiger charge is -2.13. The SMILES string of the molecule is CCC(CC)C(=O)NCCCN(C)C. The molecule has 0 aliphatic rings. The smallest absolute Gasteiger partial charge is 0.223 e. The number of nitrogens with one attached hydrogen (secondary N) is 1. The number of carbonyl (C=O) groups is 1. The fourth-order valence-corrected chi connectivity index (χ4v) is 1.41. The van der Waals surface area contributed by atoms with Gasteiger partial charge in [-0.3, -0.25) is 4.79 Å². The number of hydrogen-bond acceptors (Lipinski definition) is 2. The molecule has 0 rings (SSSR count). The predicted octanol–water partition coefficient (Wildman–Crippen LogP) is 1.49. The minimum absolute atomic E-state index is 0.203. The summed E-state index contributed by atoms with van der Waals surface area (Å²) in [6, 6.07) is 0. The first-order valence-corrected chi connectivity index (χ1v) is 5.54. The van der Waals surface area contributed by atoms with Crippen LogP contribution in [0, 0.1) is 5.92 Å². The number of nitrogens with zero attached hydrogens (tertiary/aromatic N) is 1. The largest absolute Gasteiger partial charge is 0.356 e. The molecule has 84 valence electrons. The Balaban J connectivity index is 3.52. The number of amides is 1. The van der Waals surface area contributed by atoms with Crippen LogP contribution in [0.2, 0.25) is 0 Å². The lowest BCUT2D eigenvalue weighted by molar-refractivity contribution is -0.125. The molecular formula is C11H24N2O. The van der Waals surface area contributed by atoms with Gasteiger partial charge in [0.1, 0.15) is 0 Å². The molecule has 0 atom stereocenters. The van der Waals surface area contributed by atoms with E-state index >= 15 is 0 Å². The van der Waals surface area contributed by atoms with E-state index in [9.17, 15) is 4.79 Å². The fraction of sp³-hybridized carbons (Fsp3) is 0.909. The van der Waals surface area contributed by atoms with Crippen molar-refractivity contribution in [2.45, 2.75) is 33.1 Å². The molecule has 1 N–H and O–H groups in total. The highest BCUT2D eigenvalue weighted by Crippen LogP contribution is 2.06. The summed E-state index contributed by atoms with van der Waals surface area (Å²) in [6.45, 7) is 5.96. The van der Waals surface area contributed by atoms with Gasteiger partial charge in [-0.15, -0.1) is 0 Å². The van der Waals surface area contributed by atoms with Crippen LogP contribution in [0.5, 0.6) is 0 Å². The Kier molecular flexibility index (Phi) is 7.48. The summed E-state index contributed by atoms with van der Waals surface area (Å²) in [7, 11) is 4.09. The van der Waals surface area contributed by atoms with E-state index in [0.717, 1.165) is 32.4 Å². The molecule has 0 aliphatic carbocycles. The van der Waals surface area contributed by atoms with Crippen LogP contribution < -0.4 is 5.32 Å². The highest BCUT2D eigenvalue weighted by molar-refractivity contribution is 5.78. The van der Waals surface area contributed by atoms with Crippen molar-refractivity contribution in [3.8, 4) is 0 Å². The van der Waals surface area contributed by atoms with E-state index in [4.69, 9.17) is 0 Å². The lowest BCUT2D eigenvalue weighted by atomic mass is 10.0. The molecule has 0 heterocycles. The molecule has 0 bridgehead atoms. The van der Waals surface area contributed by atoms with Gasteiger partial charge in [0.15, 0.2) is 0 Å². The van der Waals surface area contributed by atoms with Gasteiger partial charge in [0.25, 0.3) is 0 Å². The van der Waals surface area contributed by atoms with Crippen LogP contribution in [0.1, 0.15) is 33.1 Å². The van der Waals surface area contributed by atoms with Crippen molar-refractivity contribution in [1.29, 1.82) is 0 Å². The molecule has 0 aromatic carbocycles. The molecule has 0 saturated carbocycles. The number of hydrogen-bond donors (Lipinski definition) is 1. The average molecular weight is 200 g/mol. The van der Waals surface area contributed by atoms with Gasteiger partial charge in [-0.25, -0.2) is 0 Å².